The molecule has 0 saturated carbocycles. The molecular weight excluding hydrogens is 254 g/mol. The number of hydrogen-bond donors (Lipinski definition) is 2. The molecule has 0 radical (unpaired) electrons. The normalized spacial score (nSPS) is 26.2. The zero-order valence-corrected chi connectivity index (χ0v) is 12.1. The van der Waals surface area contributed by atoms with E-state index < -0.39 is 11.3 Å². The van der Waals surface area contributed by atoms with Crippen LogP contribution in [-0.4, -0.2) is 36.7 Å². The minimum Gasteiger partial charge on any atom is -0.451 e. The van der Waals surface area contributed by atoms with Crippen LogP contribution in [0.5, 0.6) is 0 Å². The van der Waals surface area contributed by atoms with Crippen molar-refractivity contribution in [1.29, 1.82) is 0 Å². The van der Waals surface area contributed by atoms with Crippen LogP contribution >= 0.6 is 0 Å². The second-order valence-corrected chi connectivity index (χ2v) is 5.55. The van der Waals surface area contributed by atoms with E-state index in [1.165, 1.54) is 0 Å². The third kappa shape index (κ3) is 2.57. The summed E-state index contributed by atoms with van der Waals surface area (Å²) in [4.78, 5) is 13.9. The maximum atomic E-state index is 11.9. The predicted molar refractivity (Wildman–Crippen MR) is 77.7 cm³/mol. The first-order valence-electron chi connectivity index (χ1n) is 6.95. The van der Waals surface area contributed by atoms with Crippen molar-refractivity contribution in [1.82, 2.24) is 4.90 Å². The van der Waals surface area contributed by atoms with Gasteiger partial charge in [-0.2, -0.15) is 0 Å². The van der Waals surface area contributed by atoms with Gasteiger partial charge in [-0.25, -0.2) is 0 Å². The fraction of sp³-hybridized carbons (Fsp3) is 0.533. The zero-order valence-electron chi connectivity index (χ0n) is 12.1. The second kappa shape index (κ2) is 5.52. The Balaban J connectivity index is 2.46. The molecule has 0 aliphatic carbocycles. The van der Waals surface area contributed by atoms with E-state index >= 15 is 0 Å². The minimum absolute atomic E-state index is 0.279. The first-order chi connectivity index (χ1) is 9.41. The van der Waals surface area contributed by atoms with Crippen molar-refractivity contribution in [3.05, 3.63) is 35.9 Å². The third-order valence-electron chi connectivity index (χ3n) is 3.95. The highest BCUT2D eigenvalue weighted by atomic mass is 16.6. The predicted octanol–water partition coefficient (Wildman–Crippen LogP) is 0.784. The Bertz CT molecular complexity index is 475. The monoisotopic (exact) mass is 277 g/mol. The van der Waals surface area contributed by atoms with Crippen LogP contribution in [0.1, 0.15) is 25.3 Å². The first kappa shape index (κ1) is 15.0. The van der Waals surface area contributed by atoms with Crippen LogP contribution in [0, 0.1) is 0 Å². The molecule has 110 valence electrons. The smallest absolute Gasteiger partial charge is 0.306 e. The molecule has 5 heteroatoms. The highest BCUT2D eigenvalue weighted by molar-refractivity contribution is 5.70. The highest BCUT2D eigenvalue weighted by Gasteiger charge is 2.54. The quantitative estimate of drug-likeness (QED) is 0.630. The average Bonchev–Trinajstić information content (AvgIpc) is 2.42. The van der Waals surface area contributed by atoms with Gasteiger partial charge in [-0.05, 0) is 12.6 Å². The molecule has 1 fully saturated rings. The number of nitrogens with two attached hydrogens (primary N) is 2. The van der Waals surface area contributed by atoms with Crippen LogP contribution < -0.4 is 11.5 Å². The van der Waals surface area contributed by atoms with Gasteiger partial charge < -0.3 is 21.1 Å². The van der Waals surface area contributed by atoms with Crippen molar-refractivity contribution in [3.8, 4) is 0 Å². The summed E-state index contributed by atoms with van der Waals surface area (Å²) in [7, 11) is 1.96. The second-order valence-electron chi connectivity index (χ2n) is 5.55. The van der Waals surface area contributed by atoms with Gasteiger partial charge in [0.25, 0.3) is 0 Å². The number of hydrogen-bond acceptors (Lipinski definition) is 5. The number of carbonyl (C=O) groups is 1. The van der Waals surface area contributed by atoms with Crippen molar-refractivity contribution >= 4 is 5.97 Å². The van der Waals surface area contributed by atoms with Gasteiger partial charge in [-0.15, -0.1) is 0 Å². The number of nitrogens with zero attached hydrogens (tertiary/aromatic N) is 1. The largest absolute Gasteiger partial charge is 0.451 e. The summed E-state index contributed by atoms with van der Waals surface area (Å²) in [6.07, 6.45) is 0.896. The lowest BCUT2D eigenvalue weighted by atomic mass is 9.76. The van der Waals surface area contributed by atoms with Gasteiger partial charge in [0, 0.05) is 25.9 Å². The molecule has 1 aliphatic heterocycles. The van der Waals surface area contributed by atoms with E-state index in [0.717, 1.165) is 12.1 Å². The maximum absolute atomic E-state index is 11.9. The molecule has 1 aliphatic rings. The number of esters is 1. The number of likely N-dealkylation sites (tertiary alicyclic amines) is 1. The Morgan fingerprint density at radius 3 is 2.55 bits per heavy atom. The van der Waals surface area contributed by atoms with E-state index in [9.17, 15) is 4.79 Å². The molecule has 1 unspecified atom stereocenters. The molecule has 0 amide bonds. The lowest BCUT2D eigenvalue weighted by Crippen LogP contribution is -2.73. The van der Waals surface area contributed by atoms with Gasteiger partial charge in [0.1, 0.15) is 5.66 Å². The SMILES string of the molecule is CCC(=O)OC1(c2ccccc2)CCN(C)CC1(N)N. The van der Waals surface area contributed by atoms with Crippen molar-refractivity contribution in [2.24, 2.45) is 11.5 Å². The molecule has 1 aromatic rings. The molecule has 20 heavy (non-hydrogen) atoms. The number of benzene rings is 1. The molecule has 1 aromatic carbocycles. The topological polar surface area (TPSA) is 81.6 Å². The minimum atomic E-state index is -1.12. The molecule has 0 spiro atoms. The Kier molecular flexibility index (Phi) is 4.13. The van der Waals surface area contributed by atoms with Crippen LogP contribution in [0.2, 0.25) is 0 Å². The molecule has 1 saturated heterocycles. The van der Waals surface area contributed by atoms with Gasteiger partial charge in [-0.3, -0.25) is 4.79 Å². The zero-order chi connectivity index (χ0) is 14.8. The van der Waals surface area contributed by atoms with E-state index in [0.29, 0.717) is 19.4 Å². The van der Waals surface area contributed by atoms with Crippen LogP contribution in [0.3, 0.4) is 0 Å². The maximum Gasteiger partial charge on any atom is 0.306 e. The summed E-state index contributed by atoms with van der Waals surface area (Å²) in [6, 6.07) is 9.57. The fourth-order valence-electron chi connectivity index (χ4n) is 2.83. The molecule has 2 rings (SSSR count). The average molecular weight is 277 g/mol. The van der Waals surface area contributed by atoms with Crippen LogP contribution in [0.4, 0.5) is 0 Å². The molecule has 0 aromatic heterocycles. The lowest BCUT2D eigenvalue weighted by Gasteiger charge is -2.51. The molecule has 5 nitrogen and oxygen atoms in total. The van der Waals surface area contributed by atoms with Crippen molar-refractivity contribution < 1.29 is 9.53 Å². The molecule has 0 bridgehead atoms. The number of piperidine rings is 1. The van der Waals surface area contributed by atoms with Gasteiger partial charge in [0.2, 0.25) is 0 Å². The third-order valence-corrected chi connectivity index (χ3v) is 3.95. The van der Waals surface area contributed by atoms with Crippen molar-refractivity contribution in [2.75, 3.05) is 20.1 Å². The number of ether oxygens (including phenoxy) is 1. The van der Waals surface area contributed by atoms with Crippen LogP contribution in [0.25, 0.3) is 0 Å². The number of likely N-dealkylation sites (N-methyl/N-ethyl adjacent to an activating group) is 1. The molecule has 1 atom stereocenters. The van der Waals surface area contributed by atoms with E-state index in [2.05, 4.69) is 4.90 Å². The molecular formula is C15H23N3O2. The fourth-order valence-corrected chi connectivity index (χ4v) is 2.83. The Morgan fingerprint density at radius 2 is 2.00 bits per heavy atom. The van der Waals surface area contributed by atoms with Gasteiger partial charge in [0.05, 0.1) is 0 Å². The summed E-state index contributed by atoms with van der Waals surface area (Å²) in [6.45, 7) is 3.02. The molecule has 1 heterocycles. The van der Waals surface area contributed by atoms with Crippen molar-refractivity contribution in [3.63, 3.8) is 0 Å². The molecule has 4 N–H and O–H groups in total. The van der Waals surface area contributed by atoms with Gasteiger partial charge in [0.15, 0.2) is 5.60 Å². The van der Waals surface area contributed by atoms with E-state index in [1.54, 1.807) is 6.92 Å². The lowest BCUT2D eigenvalue weighted by molar-refractivity contribution is -0.179. The summed E-state index contributed by atoms with van der Waals surface area (Å²) in [5.74, 6) is -0.279. The Labute approximate surface area is 119 Å². The summed E-state index contributed by atoms with van der Waals surface area (Å²) in [5, 5.41) is 0. The van der Waals surface area contributed by atoms with Crippen LogP contribution in [0.15, 0.2) is 30.3 Å². The summed E-state index contributed by atoms with van der Waals surface area (Å²) >= 11 is 0. The first-order valence-corrected chi connectivity index (χ1v) is 6.95. The van der Waals surface area contributed by atoms with Crippen LogP contribution in [-0.2, 0) is 15.1 Å². The van der Waals surface area contributed by atoms with E-state index in [1.807, 2.05) is 37.4 Å². The Hall–Kier alpha value is -1.43. The van der Waals surface area contributed by atoms with E-state index in [-0.39, 0.29) is 5.97 Å². The highest BCUT2D eigenvalue weighted by Crippen LogP contribution is 2.39. The summed E-state index contributed by atoms with van der Waals surface area (Å²) < 4.78 is 5.76. The van der Waals surface area contributed by atoms with Crippen molar-refractivity contribution in [2.45, 2.75) is 31.0 Å². The Morgan fingerprint density at radius 1 is 1.35 bits per heavy atom. The van der Waals surface area contributed by atoms with Gasteiger partial charge >= 0.3 is 5.97 Å². The number of carbonyl (C=O) groups excluding carboxylic acids is 1. The van der Waals surface area contributed by atoms with E-state index in [4.69, 9.17) is 16.2 Å². The summed E-state index contributed by atoms with van der Waals surface area (Å²) in [5.41, 5.74) is 11.5. The number of rotatable bonds is 3. The standard InChI is InChI=1S/C15H23N3O2/c1-3-13(19)20-14(12-7-5-4-6-8-12)9-10-18(2)11-15(14,16)17/h4-8H,3,9-11,16-17H2,1-2H3. The van der Waals surface area contributed by atoms with Gasteiger partial charge in [-0.1, -0.05) is 37.3 Å².